The number of nitrogens with zero attached hydrogens (tertiary/aromatic N) is 3. The Hall–Kier alpha value is -3.04. The highest BCUT2D eigenvalue weighted by atomic mass is 32.2. The van der Waals surface area contributed by atoms with Crippen LogP contribution in [0.15, 0.2) is 82.6 Å². The van der Waals surface area contributed by atoms with E-state index in [9.17, 15) is 17.6 Å². The largest absolute Gasteiger partial charge is 0.368 e. The summed E-state index contributed by atoms with van der Waals surface area (Å²) in [6.07, 6.45) is 1.94. The number of thioether (sulfide) groups is 1. The van der Waals surface area contributed by atoms with Crippen molar-refractivity contribution in [2.75, 3.05) is 48.2 Å². The summed E-state index contributed by atoms with van der Waals surface area (Å²) >= 11 is 1.55. The molecule has 1 heterocycles. The first-order chi connectivity index (χ1) is 16.8. The minimum atomic E-state index is -3.72. The first-order valence-electron chi connectivity index (χ1n) is 11.4. The number of amides is 1. The van der Waals surface area contributed by atoms with Crippen molar-refractivity contribution in [2.45, 2.75) is 16.7 Å². The average Bonchev–Trinajstić information content (AvgIpc) is 2.89. The number of carbonyl (C=O) groups is 1. The SMILES string of the molecule is CCN(c1ccc(C(=O)N2CCN(c3ccc(F)cc3)CC2)cc1)S(=O)(=O)c1ccc(SC)cc1. The second kappa shape index (κ2) is 10.7. The molecule has 1 fully saturated rings. The minimum Gasteiger partial charge on any atom is -0.368 e. The molecular weight excluding hydrogens is 485 g/mol. The van der Waals surface area contributed by atoms with Gasteiger partial charge in [-0.3, -0.25) is 9.10 Å². The molecular formula is C26H28FN3O3S2. The van der Waals surface area contributed by atoms with Crippen LogP contribution in [0.25, 0.3) is 0 Å². The molecule has 0 atom stereocenters. The van der Waals surface area contributed by atoms with Gasteiger partial charge >= 0.3 is 0 Å². The molecule has 0 radical (unpaired) electrons. The first-order valence-corrected chi connectivity index (χ1v) is 14.1. The number of rotatable bonds is 7. The summed E-state index contributed by atoms with van der Waals surface area (Å²) in [5.41, 5.74) is 1.97. The predicted molar refractivity (Wildman–Crippen MR) is 139 cm³/mol. The van der Waals surface area contributed by atoms with Crippen LogP contribution in [0.2, 0.25) is 0 Å². The fraction of sp³-hybridized carbons (Fsp3) is 0.269. The molecule has 184 valence electrons. The van der Waals surface area contributed by atoms with E-state index in [-0.39, 0.29) is 23.2 Å². The third kappa shape index (κ3) is 5.46. The molecule has 0 bridgehead atoms. The van der Waals surface area contributed by atoms with Gasteiger partial charge in [-0.05, 0) is 86.0 Å². The Labute approximate surface area is 210 Å². The van der Waals surface area contributed by atoms with Gasteiger partial charge < -0.3 is 9.80 Å². The number of sulfonamides is 1. The quantitative estimate of drug-likeness (QED) is 0.428. The minimum absolute atomic E-state index is 0.0890. The van der Waals surface area contributed by atoms with Gasteiger partial charge in [0.25, 0.3) is 15.9 Å². The maximum absolute atomic E-state index is 13.2. The molecule has 1 aliphatic heterocycles. The average molecular weight is 514 g/mol. The zero-order valence-electron chi connectivity index (χ0n) is 19.7. The van der Waals surface area contributed by atoms with Crippen molar-refractivity contribution in [3.05, 3.63) is 84.2 Å². The number of anilines is 2. The number of piperazine rings is 1. The number of halogens is 1. The van der Waals surface area contributed by atoms with Gasteiger partial charge in [-0.25, -0.2) is 12.8 Å². The molecule has 3 aromatic rings. The smallest absolute Gasteiger partial charge is 0.264 e. The monoisotopic (exact) mass is 513 g/mol. The van der Waals surface area contributed by atoms with Gasteiger partial charge in [0.2, 0.25) is 0 Å². The molecule has 35 heavy (non-hydrogen) atoms. The lowest BCUT2D eigenvalue weighted by molar-refractivity contribution is 0.0747. The van der Waals surface area contributed by atoms with Crippen molar-refractivity contribution >= 4 is 39.1 Å². The second-order valence-corrected chi connectivity index (χ2v) is 10.9. The van der Waals surface area contributed by atoms with Crippen LogP contribution >= 0.6 is 11.8 Å². The summed E-state index contributed by atoms with van der Waals surface area (Å²) in [6.45, 7) is 4.48. The molecule has 1 saturated heterocycles. The van der Waals surface area contributed by atoms with Gasteiger partial charge in [-0.1, -0.05) is 0 Å². The predicted octanol–water partition coefficient (Wildman–Crippen LogP) is 4.73. The van der Waals surface area contributed by atoms with Crippen LogP contribution < -0.4 is 9.21 Å². The maximum atomic E-state index is 13.2. The molecule has 0 N–H and O–H groups in total. The summed E-state index contributed by atoms with van der Waals surface area (Å²) in [7, 11) is -3.72. The maximum Gasteiger partial charge on any atom is 0.264 e. The zero-order chi connectivity index (χ0) is 25.0. The van der Waals surface area contributed by atoms with Gasteiger partial charge in [-0.15, -0.1) is 11.8 Å². The second-order valence-electron chi connectivity index (χ2n) is 8.15. The Balaban J connectivity index is 1.43. The molecule has 0 aromatic heterocycles. The van der Waals surface area contributed by atoms with Crippen LogP contribution in [0.3, 0.4) is 0 Å². The molecule has 0 spiro atoms. The van der Waals surface area contributed by atoms with Crippen molar-refractivity contribution < 1.29 is 17.6 Å². The van der Waals surface area contributed by atoms with E-state index in [4.69, 9.17) is 0 Å². The van der Waals surface area contributed by atoms with Crippen LogP contribution in [0.1, 0.15) is 17.3 Å². The van der Waals surface area contributed by atoms with Gasteiger partial charge in [0.05, 0.1) is 10.6 Å². The molecule has 0 unspecified atom stereocenters. The Bertz CT molecular complexity index is 1260. The Morgan fingerprint density at radius 3 is 2.06 bits per heavy atom. The number of hydrogen-bond acceptors (Lipinski definition) is 5. The highest BCUT2D eigenvalue weighted by Gasteiger charge is 2.25. The van der Waals surface area contributed by atoms with E-state index in [0.717, 1.165) is 10.6 Å². The standard InChI is InChI=1S/C26H28FN3O3S2/c1-3-30(35(32,33)25-14-12-24(34-2)13-15-25)23-8-4-20(5-9-23)26(31)29-18-16-28(17-19-29)22-10-6-21(27)7-11-22/h4-15H,3,16-19H2,1-2H3. The fourth-order valence-corrected chi connectivity index (χ4v) is 6.02. The third-order valence-corrected chi connectivity index (χ3v) is 8.76. The highest BCUT2D eigenvalue weighted by Crippen LogP contribution is 2.26. The normalized spacial score (nSPS) is 14.1. The van der Waals surface area contributed by atoms with Gasteiger partial charge in [0, 0.05) is 48.9 Å². The molecule has 1 aliphatic rings. The summed E-state index contributed by atoms with van der Waals surface area (Å²) in [5, 5.41) is 0. The first kappa shape index (κ1) is 25.1. The molecule has 4 rings (SSSR count). The van der Waals surface area contributed by atoms with Gasteiger partial charge in [0.1, 0.15) is 5.82 Å². The third-order valence-electron chi connectivity index (χ3n) is 6.10. The van der Waals surface area contributed by atoms with E-state index in [2.05, 4.69) is 4.90 Å². The van der Waals surface area contributed by atoms with E-state index >= 15 is 0 Å². The van der Waals surface area contributed by atoms with E-state index in [1.54, 1.807) is 84.2 Å². The summed E-state index contributed by atoms with van der Waals surface area (Å²) in [4.78, 5) is 18.2. The number of carbonyl (C=O) groups excluding carboxylic acids is 1. The lowest BCUT2D eigenvalue weighted by atomic mass is 10.1. The van der Waals surface area contributed by atoms with Crippen LogP contribution in [-0.2, 0) is 10.0 Å². The van der Waals surface area contributed by atoms with Crippen LogP contribution in [0, 0.1) is 5.82 Å². The van der Waals surface area contributed by atoms with Crippen molar-refractivity contribution in [3.63, 3.8) is 0 Å². The molecule has 3 aromatic carbocycles. The van der Waals surface area contributed by atoms with Crippen molar-refractivity contribution in [3.8, 4) is 0 Å². The molecule has 1 amide bonds. The van der Waals surface area contributed by atoms with Crippen LogP contribution in [-0.4, -0.2) is 58.2 Å². The van der Waals surface area contributed by atoms with Crippen LogP contribution in [0.5, 0.6) is 0 Å². The Morgan fingerprint density at radius 2 is 1.51 bits per heavy atom. The molecule has 6 nitrogen and oxygen atoms in total. The lowest BCUT2D eigenvalue weighted by Gasteiger charge is -2.36. The summed E-state index contributed by atoms with van der Waals surface area (Å²) < 4.78 is 41.0. The Kier molecular flexibility index (Phi) is 7.66. The van der Waals surface area contributed by atoms with Gasteiger partial charge in [-0.2, -0.15) is 0 Å². The molecule has 9 heteroatoms. The van der Waals surface area contributed by atoms with E-state index in [0.29, 0.717) is 37.4 Å². The fourth-order valence-electron chi connectivity index (χ4n) is 4.14. The van der Waals surface area contributed by atoms with E-state index in [1.807, 2.05) is 6.26 Å². The number of benzene rings is 3. The summed E-state index contributed by atoms with van der Waals surface area (Å²) in [6, 6.07) is 19.9. The Morgan fingerprint density at radius 1 is 0.914 bits per heavy atom. The van der Waals surface area contributed by atoms with Crippen molar-refractivity contribution in [2.24, 2.45) is 0 Å². The highest BCUT2D eigenvalue weighted by molar-refractivity contribution is 7.98. The molecule has 0 saturated carbocycles. The van der Waals surface area contributed by atoms with Crippen molar-refractivity contribution in [1.29, 1.82) is 0 Å². The van der Waals surface area contributed by atoms with Gasteiger partial charge in [0.15, 0.2) is 0 Å². The van der Waals surface area contributed by atoms with E-state index < -0.39 is 10.0 Å². The van der Waals surface area contributed by atoms with Crippen molar-refractivity contribution in [1.82, 2.24) is 4.90 Å². The van der Waals surface area contributed by atoms with E-state index in [1.165, 1.54) is 16.4 Å². The van der Waals surface area contributed by atoms with Crippen LogP contribution in [0.4, 0.5) is 15.8 Å². The topological polar surface area (TPSA) is 60.9 Å². The lowest BCUT2D eigenvalue weighted by Crippen LogP contribution is -2.48. The zero-order valence-corrected chi connectivity index (χ0v) is 21.4. The summed E-state index contributed by atoms with van der Waals surface area (Å²) in [5.74, 6) is -0.359. The molecule has 0 aliphatic carbocycles. The number of hydrogen-bond donors (Lipinski definition) is 0.